The molecule has 2 fully saturated rings. The maximum Gasteiger partial charge on any atom is 0.417 e. The summed E-state index contributed by atoms with van der Waals surface area (Å²) in [6.45, 7) is 2.23. The highest BCUT2D eigenvalue weighted by molar-refractivity contribution is 5.91. The first-order valence-electron chi connectivity index (χ1n) is 9.03. The number of pyridine rings is 1. The number of alkyl halides is 3. The Hall–Kier alpha value is -2.57. The molecule has 0 bridgehead atoms. The van der Waals surface area contributed by atoms with Crippen LogP contribution in [0.3, 0.4) is 0 Å². The maximum absolute atomic E-state index is 13.0. The number of anilines is 1. The summed E-state index contributed by atoms with van der Waals surface area (Å²) in [5.41, 5.74) is -0.0591. The molecule has 1 saturated carbocycles. The van der Waals surface area contributed by atoms with Crippen molar-refractivity contribution >= 4 is 11.7 Å². The van der Waals surface area contributed by atoms with Crippen molar-refractivity contribution in [3.63, 3.8) is 0 Å². The molecule has 1 aliphatic carbocycles. The fourth-order valence-electron chi connectivity index (χ4n) is 3.69. The highest BCUT2D eigenvalue weighted by Gasteiger charge is 2.53. The Balaban J connectivity index is 1.40. The average Bonchev–Trinajstić information content (AvgIpc) is 3.50. The van der Waals surface area contributed by atoms with E-state index in [4.69, 9.17) is 0 Å². The zero-order valence-electron chi connectivity index (χ0n) is 14.7. The maximum atomic E-state index is 13.0. The molecule has 0 radical (unpaired) electrons. The zero-order chi connectivity index (χ0) is 19.1. The zero-order valence-corrected chi connectivity index (χ0v) is 14.7. The van der Waals surface area contributed by atoms with Gasteiger partial charge in [0.25, 0.3) is 0 Å². The van der Waals surface area contributed by atoms with E-state index in [0.29, 0.717) is 32.0 Å². The number of carbonyl (C=O) groups is 1. The molecule has 4 rings (SSSR count). The number of rotatable bonds is 3. The van der Waals surface area contributed by atoms with Gasteiger partial charge in [-0.25, -0.2) is 4.98 Å². The largest absolute Gasteiger partial charge is 0.417 e. The smallest absolute Gasteiger partial charge is 0.353 e. The van der Waals surface area contributed by atoms with E-state index in [9.17, 15) is 18.0 Å². The second-order valence-electron chi connectivity index (χ2n) is 7.13. The second kappa shape index (κ2) is 6.55. The van der Waals surface area contributed by atoms with Gasteiger partial charge < -0.3 is 9.80 Å². The first kappa shape index (κ1) is 17.8. The number of carbonyl (C=O) groups excluding carboxylic acids is 1. The van der Waals surface area contributed by atoms with Crippen molar-refractivity contribution in [1.82, 2.24) is 9.88 Å². The summed E-state index contributed by atoms with van der Waals surface area (Å²) in [5.74, 6) is 0.674. The molecular weight excluding hydrogens is 355 g/mol. The SMILES string of the molecule is O=C(N1CCN(c2ccc(C(F)(F)F)cn2)CC1)C1(c2ccccc2)CC1. The van der Waals surface area contributed by atoms with Crippen LogP contribution in [0.4, 0.5) is 19.0 Å². The fourth-order valence-corrected chi connectivity index (χ4v) is 3.69. The molecule has 27 heavy (non-hydrogen) atoms. The normalized spacial score (nSPS) is 19.1. The van der Waals surface area contributed by atoms with Crippen LogP contribution in [-0.2, 0) is 16.4 Å². The minimum absolute atomic E-state index is 0.161. The molecular formula is C20H20F3N3O. The quantitative estimate of drug-likeness (QED) is 0.824. The summed E-state index contributed by atoms with van der Waals surface area (Å²) < 4.78 is 38.0. The Morgan fingerprint density at radius 2 is 1.63 bits per heavy atom. The van der Waals surface area contributed by atoms with Crippen molar-refractivity contribution in [3.05, 3.63) is 59.8 Å². The molecule has 0 unspecified atom stereocenters. The predicted octanol–water partition coefficient (Wildman–Crippen LogP) is 3.48. The van der Waals surface area contributed by atoms with E-state index in [-0.39, 0.29) is 11.3 Å². The van der Waals surface area contributed by atoms with E-state index < -0.39 is 11.7 Å². The first-order valence-corrected chi connectivity index (χ1v) is 9.03. The predicted molar refractivity (Wildman–Crippen MR) is 95.4 cm³/mol. The van der Waals surface area contributed by atoms with Gasteiger partial charge in [0, 0.05) is 32.4 Å². The Morgan fingerprint density at radius 1 is 0.963 bits per heavy atom. The molecule has 1 saturated heterocycles. The minimum Gasteiger partial charge on any atom is -0.353 e. The molecule has 142 valence electrons. The van der Waals surface area contributed by atoms with Gasteiger partial charge in [0.1, 0.15) is 5.82 Å². The van der Waals surface area contributed by atoms with E-state index in [1.165, 1.54) is 6.07 Å². The standard InChI is InChI=1S/C20H20F3N3O/c21-20(22,23)16-6-7-17(24-14-16)25-10-12-26(13-11-25)18(27)19(8-9-19)15-4-2-1-3-5-15/h1-7,14H,8-13H2. The van der Waals surface area contributed by atoms with Gasteiger partial charge in [0.05, 0.1) is 11.0 Å². The average molecular weight is 375 g/mol. The number of hydrogen-bond acceptors (Lipinski definition) is 3. The monoisotopic (exact) mass is 375 g/mol. The lowest BCUT2D eigenvalue weighted by molar-refractivity contribution is -0.138. The van der Waals surface area contributed by atoms with Crippen LogP contribution in [0.2, 0.25) is 0 Å². The van der Waals surface area contributed by atoms with Crippen LogP contribution in [0, 0.1) is 0 Å². The lowest BCUT2D eigenvalue weighted by Crippen LogP contribution is -2.51. The van der Waals surface area contributed by atoms with Crippen molar-refractivity contribution < 1.29 is 18.0 Å². The second-order valence-corrected chi connectivity index (χ2v) is 7.13. The Morgan fingerprint density at radius 3 is 2.15 bits per heavy atom. The van der Waals surface area contributed by atoms with Crippen molar-refractivity contribution in [2.45, 2.75) is 24.4 Å². The number of nitrogens with zero attached hydrogens (tertiary/aromatic N) is 3. The molecule has 1 aliphatic heterocycles. The molecule has 2 aromatic rings. The van der Waals surface area contributed by atoms with Crippen LogP contribution in [0.15, 0.2) is 48.7 Å². The lowest BCUT2D eigenvalue weighted by atomic mass is 9.94. The summed E-state index contributed by atoms with van der Waals surface area (Å²) in [6.07, 6.45) is -1.78. The molecule has 0 atom stereocenters. The summed E-state index contributed by atoms with van der Waals surface area (Å²) in [6, 6.07) is 12.3. The Kier molecular flexibility index (Phi) is 4.32. The molecule has 1 amide bonds. The summed E-state index contributed by atoms with van der Waals surface area (Å²) in [4.78, 5) is 20.8. The number of piperazine rings is 1. The molecule has 0 N–H and O–H groups in total. The van der Waals surface area contributed by atoms with Crippen LogP contribution < -0.4 is 4.90 Å². The molecule has 2 heterocycles. The third-order valence-corrected chi connectivity index (χ3v) is 5.45. The van der Waals surface area contributed by atoms with Crippen molar-refractivity contribution in [1.29, 1.82) is 0 Å². The topological polar surface area (TPSA) is 36.4 Å². The lowest BCUT2D eigenvalue weighted by Gasteiger charge is -2.37. The number of benzene rings is 1. The fraction of sp³-hybridized carbons (Fsp3) is 0.400. The molecule has 2 aliphatic rings. The highest BCUT2D eigenvalue weighted by atomic mass is 19.4. The van der Waals surface area contributed by atoms with Crippen molar-refractivity contribution in [2.24, 2.45) is 0 Å². The number of aromatic nitrogens is 1. The van der Waals surface area contributed by atoms with Crippen molar-refractivity contribution in [2.75, 3.05) is 31.1 Å². The third kappa shape index (κ3) is 3.38. The van der Waals surface area contributed by atoms with Crippen LogP contribution in [-0.4, -0.2) is 42.0 Å². The van der Waals surface area contributed by atoms with E-state index in [0.717, 1.165) is 30.7 Å². The van der Waals surface area contributed by atoms with Crippen LogP contribution in [0.25, 0.3) is 0 Å². The van der Waals surface area contributed by atoms with E-state index >= 15 is 0 Å². The molecule has 0 spiro atoms. The van der Waals surface area contributed by atoms with E-state index in [1.807, 2.05) is 40.1 Å². The van der Waals surface area contributed by atoms with Gasteiger partial charge in [-0.15, -0.1) is 0 Å². The van der Waals surface area contributed by atoms with Gasteiger partial charge in [0.2, 0.25) is 5.91 Å². The number of halogens is 3. The molecule has 7 heteroatoms. The summed E-state index contributed by atoms with van der Waals surface area (Å²) >= 11 is 0. The Bertz CT molecular complexity index is 809. The highest BCUT2D eigenvalue weighted by Crippen LogP contribution is 2.49. The first-order chi connectivity index (χ1) is 12.9. The van der Waals surface area contributed by atoms with Gasteiger partial charge in [-0.05, 0) is 30.5 Å². The van der Waals surface area contributed by atoms with Gasteiger partial charge in [0.15, 0.2) is 0 Å². The molecule has 4 nitrogen and oxygen atoms in total. The molecule has 1 aromatic carbocycles. The van der Waals surface area contributed by atoms with Gasteiger partial charge >= 0.3 is 6.18 Å². The van der Waals surface area contributed by atoms with Crippen LogP contribution in [0.5, 0.6) is 0 Å². The van der Waals surface area contributed by atoms with Gasteiger partial charge in [-0.3, -0.25) is 4.79 Å². The Labute approximate surface area is 155 Å². The third-order valence-electron chi connectivity index (χ3n) is 5.45. The van der Waals surface area contributed by atoms with Crippen LogP contribution >= 0.6 is 0 Å². The van der Waals surface area contributed by atoms with Crippen LogP contribution in [0.1, 0.15) is 24.0 Å². The summed E-state index contributed by atoms with van der Waals surface area (Å²) in [5, 5.41) is 0. The van der Waals surface area contributed by atoms with Gasteiger partial charge in [-0.1, -0.05) is 30.3 Å². The van der Waals surface area contributed by atoms with E-state index in [2.05, 4.69) is 4.98 Å². The van der Waals surface area contributed by atoms with Crippen molar-refractivity contribution in [3.8, 4) is 0 Å². The summed E-state index contributed by atoms with van der Waals surface area (Å²) in [7, 11) is 0. The minimum atomic E-state index is -4.38. The number of hydrogen-bond donors (Lipinski definition) is 0. The van der Waals surface area contributed by atoms with E-state index in [1.54, 1.807) is 0 Å². The van der Waals surface area contributed by atoms with Gasteiger partial charge in [-0.2, -0.15) is 13.2 Å². The molecule has 1 aromatic heterocycles. The number of amides is 1.